The molecule has 0 bridgehead atoms. The number of amides is 1. The minimum absolute atomic E-state index is 0.0190. The van der Waals surface area contributed by atoms with Gasteiger partial charge in [0.15, 0.2) is 11.5 Å². The van der Waals surface area contributed by atoms with Crippen molar-refractivity contribution in [1.29, 1.82) is 0 Å². The van der Waals surface area contributed by atoms with Gasteiger partial charge in [-0.25, -0.2) is 13.9 Å². The Hall–Kier alpha value is -5.76. The van der Waals surface area contributed by atoms with Gasteiger partial charge < -0.3 is 11.1 Å². The molecule has 4 aromatic heterocycles. The molecule has 41 heavy (non-hydrogen) atoms. The Labute approximate surface area is 232 Å². The van der Waals surface area contributed by atoms with Crippen molar-refractivity contribution < 1.29 is 9.18 Å². The van der Waals surface area contributed by atoms with E-state index in [1.165, 1.54) is 21.2 Å². The van der Waals surface area contributed by atoms with Crippen LogP contribution in [0.3, 0.4) is 0 Å². The lowest BCUT2D eigenvalue weighted by Gasteiger charge is -2.21. The van der Waals surface area contributed by atoms with Gasteiger partial charge in [0.1, 0.15) is 11.4 Å². The van der Waals surface area contributed by atoms with Crippen LogP contribution in [0.5, 0.6) is 0 Å². The second-order valence-electron chi connectivity index (χ2n) is 9.43. The first-order valence-corrected chi connectivity index (χ1v) is 12.7. The van der Waals surface area contributed by atoms with Gasteiger partial charge in [0.05, 0.1) is 28.8 Å². The van der Waals surface area contributed by atoms with E-state index in [0.29, 0.717) is 28.0 Å². The highest BCUT2D eigenvalue weighted by Crippen LogP contribution is 2.25. The smallest absolute Gasteiger partial charge is 0.264 e. The third kappa shape index (κ3) is 4.57. The first-order valence-electron chi connectivity index (χ1n) is 12.7. The molecule has 0 unspecified atom stereocenters. The number of carbonyl (C=O) groups is 1. The number of rotatable bonds is 4. The van der Waals surface area contributed by atoms with Gasteiger partial charge in [-0.05, 0) is 42.6 Å². The number of para-hydroxylation sites is 1. The molecule has 1 amide bonds. The fourth-order valence-corrected chi connectivity index (χ4v) is 4.77. The Balaban J connectivity index is 1.50. The number of carbonyl (C=O) groups excluding carboxylic acids is 1. The van der Waals surface area contributed by atoms with Crippen LogP contribution in [0.4, 0.5) is 10.2 Å². The molecule has 202 valence electrons. The summed E-state index contributed by atoms with van der Waals surface area (Å²) in [6, 6.07) is 14.5. The average Bonchev–Trinajstić information content (AvgIpc) is 3.54. The molecule has 2 aromatic carbocycles. The summed E-state index contributed by atoms with van der Waals surface area (Å²) in [4.78, 5) is 31.8. The van der Waals surface area contributed by atoms with E-state index in [9.17, 15) is 9.59 Å². The van der Waals surface area contributed by atoms with Crippen molar-refractivity contribution >= 4 is 28.1 Å². The fourth-order valence-electron chi connectivity index (χ4n) is 4.77. The zero-order valence-corrected chi connectivity index (χ0v) is 22.0. The number of anilines is 1. The highest BCUT2D eigenvalue weighted by Gasteiger charge is 2.24. The molecule has 0 aliphatic heterocycles. The number of benzene rings is 2. The van der Waals surface area contributed by atoms with E-state index in [0.717, 1.165) is 0 Å². The largest absolute Gasteiger partial charge is 0.381 e. The highest BCUT2D eigenvalue weighted by molar-refractivity contribution is 6.04. The van der Waals surface area contributed by atoms with Crippen molar-refractivity contribution in [3.8, 4) is 17.5 Å². The van der Waals surface area contributed by atoms with E-state index < -0.39 is 23.3 Å². The maximum Gasteiger partial charge on any atom is 0.264 e. The standard InChI is InChI=1S/C30H23FN8O2/c1-18(35-29(40)26-27(32)36-38-14-6-13-33-28(26)38)24-15-20-10-12-23(31)22(11-9-19-16-34-37(2)17-19)25(20)30(41)39(24)21-7-4-3-5-8-21/h3-8,10,12-18H,1-2H3,(H2,32,36)(H,35,40)/t18-/m0/s1. The molecule has 6 aromatic rings. The minimum atomic E-state index is -0.673. The normalized spacial score (nSPS) is 11.8. The van der Waals surface area contributed by atoms with Crippen LogP contribution in [0, 0.1) is 17.7 Å². The third-order valence-electron chi connectivity index (χ3n) is 6.66. The predicted octanol–water partition coefficient (Wildman–Crippen LogP) is 3.38. The second kappa shape index (κ2) is 10.1. The summed E-state index contributed by atoms with van der Waals surface area (Å²) >= 11 is 0. The summed E-state index contributed by atoms with van der Waals surface area (Å²) in [5.74, 6) is 4.64. The maximum atomic E-state index is 15.1. The number of hydrogen-bond acceptors (Lipinski definition) is 6. The number of hydrogen-bond donors (Lipinski definition) is 2. The number of halogens is 1. The van der Waals surface area contributed by atoms with Crippen LogP contribution in [0.2, 0.25) is 0 Å². The number of pyridine rings is 1. The Morgan fingerprint density at radius 2 is 1.93 bits per heavy atom. The van der Waals surface area contributed by atoms with Crippen molar-refractivity contribution in [3.05, 3.63) is 118 Å². The zero-order chi connectivity index (χ0) is 28.7. The molecule has 10 nitrogen and oxygen atoms in total. The number of nitrogens with zero attached hydrogens (tertiary/aromatic N) is 6. The third-order valence-corrected chi connectivity index (χ3v) is 6.66. The number of nitrogen functional groups attached to an aromatic ring is 1. The van der Waals surface area contributed by atoms with Gasteiger partial charge in [0, 0.05) is 37.0 Å². The summed E-state index contributed by atoms with van der Waals surface area (Å²) in [5.41, 5.74) is 7.59. The van der Waals surface area contributed by atoms with E-state index >= 15 is 4.39 Å². The molecular weight excluding hydrogens is 523 g/mol. The van der Waals surface area contributed by atoms with E-state index in [2.05, 4.69) is 32.3 Å². The van der Waals surface area contributed by atoms with Crippen LogP contribution in [0.1, 0.15) is 40.1 Å². The van der Waals surface area contributed by atoms with Gasteiger partial charge in [0.2, 0.25) is 0 Å². The lowest BCUT2D eigenvalue weighted by molar-refractivity contribution is 0.0941. The first kappa shape index (κ1) is 25.5. The lowest BCUT2D eigenvalue weighted by atomic mass is 10.0. The molecule has 3 N–H and O–H groups in total. The molecule has 0 saturated heterocycles. The summed E-state index contributed by atoms with van der Waals surface area (Å²) < 4.78 is 19.6. The molecule has 0 saturated carbocycles. The Morgan fingerprint density at radius 1 is 1.12 bits per heavy atom. The van der Waals surface area contributed by atoms with Crippen LogP contribution in [0.15, 0.2) is 84.2 Å². The molecular formula is C30H23FN8O2. The molecule has 0 fully saturated rings. The van der Waals surface area contributed by atoms with E-state index in [-0.39, 0.29) is 22.3 Å². The number of aromatic nitrogens is 6. The molecule has 6 rings (SSSR count). The second-order valence-corrected chi connectivity index (χ2v) is 9.43. The number of nitrogens with two attached hydrogens (primary N) is 1. The highest BCUT2D eigenvalue weighted by atomic mass is 19.1. The summed E-state index contributed by atoms with van der Waals surface area (Å²) in [6.45, 7) is 1.75. The molecule has 0 aliphatic rings. The van der Waals surface area contributed by atoms with Crippen LogP contribution in [-0.2, 0) is 7.05 Å². The summed E-state index contributed by atoms with van der Waals surface area (Å²) in [5, 5.41) is 11.8. The SMILES string of the molecule is C[C@H](NC(=O)c1c(N)nn2cccnc12)c1cc2ccc(F)c(C#Cc3cnn(C)c3)c2c(=O)n1-c1ccccc1. The van der Waals surface area contributed by atoms with E-state index in [1.807, 2.05) is 6.07 Å². The van der Waals surface area contributed by atoms with Crippen molar-refractivity contribution in [2.75, 3.05) is 5.73 Å². The number of nitrogens with one attached hydrogen (secondary N) is 1. The molecule has 0 spiro atoms. The predicted molar refractivity (Wildman–Crippen MR) is 152 cm³/mol. The van der Waals surface area contributed by atoms with Gasteiger partial charge in [-0.3, -0.25) is 18.8 Å². The van der Waals surface area contributed by atoms with Crippen LogP contribution in [0.25, 0.3) is 22.1 Å². The Kier molecular flexibility index (Phi) is 6.28. The van der Waals surface area contributed by atoms with Crippen LogP contribution in [-0.4, -0.2) is 34.9 Å². The average molecular weight is 547 g/mol. The monoisotopic (exact) mass is 546 g/mol. The Morgan fingerprint density at radius 3 is 2.68 bits per heavy atom. The topological polar surface area (TPSA) is 125 Å². The van der Waals surface area contributed by atoms with Gasteiger partial charge in [-0.1, -0.05) is 36.1 Å². The van der Waals surface area contributed by atoms with Gasteiger partial charge in [-0.15, -0.1) is 5.10 Å². The van der Waals surface area contributed by atoms with Gasteiger partial charge in [-0.2, -0.15) is 5.10 Å². The minimum Gasteiger partial charge on any atom is -0.381 e. The maximum absolute atomic E-state index is 15.1. The number of aryl methyl sites for hydroxylation is 1. The summed E-state index contributed by atoms with van der Waals surface area (Å²) in [6.07, 6.45) is 6.45. The molecule has 11 heteroatoms. The Bertz CT molecular complexity index is 2080. The van der Waals surface area contributed by atoms with Crippen molar-refractivity contribution in [3.63, 3.8) is 0 Å². The van der Waals surface area contributed by atoms with Crippen LogP contribution < -0.4 is 16.6 Å². The molecule has 1 atom stereocenters. The summed E-state index contributed by atoms with van der Waals surface area (Å²) in [7, 11) is 1.75. The lowest BCUT2D eigenvalue weighted by Crippen LogP contribution is -2.32. The fraction of sp³-hybridized carbons (Fsp3) is 0.100. The molecule has 0 radical (unpaired) electrons. The van der Waals surface area contributed by atoms with Gasteiger partial charge in [0.25, 0.3) is 11.5 Å². The van der Waals surface area contributed by atoms with Crippen molar-refractivity contribution in [1.82, 2.24) is 34.3 Å². The quantitative estimate of drug-likeness (QED) is 0.327. The first-order chi connectivity index (χ1) is 19.8. The number of fused-ring (bicyclic) bond motifs is 2. The van der Waals surface area contributed by atoms with E-state index in [1.54, 1.807) is 79.8 Å². The molecule has 4 heterocycles. The van der Waals surface area contributed by atoms with Crippen LogP contribution >= 0.6 is 0 Å². The zero-order valence-electron chi connectivity index (χ0n) is 22.0. The van der Waals surface area contributed by atoms with Gasteiger partial charge >= 0.3 is 0 Å². The van der Waals surface area contributed by atoms with E-state index in [4.69, 9.17) is 5.73 Å². The van der Waals surface area contributed by atoms with Crippen molar-refractivity contribution in [2.45, 2.75) is 13.0 Å². The van der Waals surface area contributed by atoms with Crippen molar-refractivity contribution in [2.24, 2.45) is 7.05 Å². The molecule has 0 aliphatic carbocycles.